The van der Waals surface area contributed by atoms with Crippen LogP contribution >= 0.6 is 0 Å². The Morgan fingerprint density at radius 1 is 1.32 bits per heavy atom. The van der Waals surface area contributed by atoms with Gasteiger partial charge in [-0.2, -0.15) is 18.3 Å². The molecule has 4 rings (SSSR count). The number of urea groups is 1. The first-order valence-electron chi connectivity index (χ1n) is 10.7. The molecule has 0 saturated heterocycles. The smallest absolute Gasteiger partial charge is 0.393 e. The summed E-state index contributed by atoms with van der Waals surface area (Å²) in [6.45, 7) is 2.01. The van der Waals surface area contributed by atoms with Crippen molar-refractivity contribution >= 4 is 17.6 Å². The van der Waals surface area contributed by atoms with Crippen LogP contribution in [0.3, 0.4) is 0 Å². The number of aliphatic hydroxyl groups excluding tert-OH is 1. The number of rotatable bonds is 3. The molecule has 2 unspecified atom stereocenters. The maximum atomic E-state index is 13.5. The Morgan fingerprint density at radius 2 is 2.06 bits per heavy atom. The highest BCUT2D eigenvalue weighted by Crippen LogP contribution is 2.33. The lowest BCUT2D eigenvalue weighted by Crippen LogP contribution is -2.40. The molecular formula is C21H23F4N5O4. The van der Waals surface area contributed by atoms with Crippen LogP contribution in [-0.4, -0.2) is 61.2 Å². The van der Waals surface area contributed by atoms with Crippen molar-refractivity contribution in [1.82, 2.24) is 19.7 Å². The summed E-state index contributed by atoms with van der Waals surface area (Å²) < 4.78 is 53.9. The van der Waals surface area contributed by atoms with E-state index in [9.17, 15) is 37.5 Å². The number of carbonyl (C=O) groups is 2. The number of fused-ring (bicyclic) bond motifs is 3. The minimum atomic E-state index is -4.92. The normalized spacial score (nSPS) is 19.4. The van der Waals surface area contributed by atoms with Crippen molar-refractivity contribution in [2.75, 3.05) is 18.4 Å². The maximum Gasteiger partial charge on any atom is 0.419 e. The Labute approximate surface area is 191 Å². The molecule has 3 N–H and O–H groups in total. The predicted molar refractivity (Wildman–Crippen MR) is 109 cm³/mol. The zero-order chi connectivity index (χ0) is 24.8. The molecule has 0 radical (unpaired) electrons. The van der Waals surface area contributed by atoms with Gasteiger partial charge in [-0.15, -0.1) is 0 Å². The third kappa shape index (κ3) is 4.44. The summed E-state index contributed by atoms with van der Waals surface area (Å²) in [6.07, 6.45) is -4.97. The van der Waals surface area contributed by atoms with Gasteiger partial charge in [0.25, 0.3) is 5.91 Å². The molecule has 2 atom stereocenters. The van der Waals surface area contributed by atoms with Crippen molar-refractivity contribution in [3.63, 3.8) is 0 Å². The summed E-state index contributed by atoms with van der Waals surface area (Å²) >= 11 is 0. The number of hydrogen-bond donors (Lipinski definition) is 3. The molecule has 0 saturated carbocycles. The van der Waals surface area contributed by atoms with Gasteiger partial charge >= 0.3 is 12.2 Å². The Morgan fingerprint density at radius 3 is 2.74 bits per heavy atom. The molecule has 2 aromatic rings. The number of hydroxylamine groups is 2. The maximum absolute atomic E-state index is 13.5. The van der Waals surface area contributed by atoms with E-state index in [0.29, 0.717) is 34.9 Å². The van der Waals surface area contributed by atoms with Gasteiger partial charge in [0.1, 0.15) is 11.5 Å². The van der Waals surface area contributed by atoms with Crippen molar-refractivity contribution in [2.45, 2.75) is 45.1 Å². The summed E-state index contributed by atoms with van der Waals surface area (Å²) in [5.41, 5.74) is -0.638. The lowest BCUT2D eigenvalue weighted by Gasteiger charge is -2.27. The van der Waals surface area contributed by atoms with E-state index in [1.165, 1.54) is 9.58 Å². The number of halogens is 4. The third-order valence-corrected chi connectivity index (χ3v) is 6.13. The molecule has 0 fully saturated rings. The lowest BCUT2D eigenvalue weighted by molar-refractivity contribution is -0.139. The monoisotopic (exact) mass is 485 g/mol. The minimum absolute atomic E-state index is 0.0651. The van der Waals surface area contributed by atoms with E-state index < -0.39 is 41.5 Å². The van der Waals surface area contributed by atoms with Crippen LogP contribution in [0.5, 0.6) is 0 Å². The van der Waals surface area contributed by atoms with E-state index in [4.69, 9.17) is 0 Å². The highest BCUT2D eigenvalue weighted by atomic mass is 19.4. The fourth-order valence-electron chi connectivity index (χ4n) is 4.28. The van der Waals surface area contributed by atoms with Crippen LogP contribution in [0.4, 0.5) is 28.0 Å². The Hall–Kier alpha value is -3.19. The molecule has 1 aromatic carbocycles. The van der Waals surface area contributed by atoms with Crippen LogP contribution in [0.15, 0.2) is 18.2 Å². The number of alkyl halides is 3. The quantitative estimate of drug-likeness (QED) is 0.458. The van der Waals surface area contributed by atoms with Gasteiger partial charge in [0, 0.05) is 36.7 Å². The van der Waals surface area contributed by atoms with Crippen LogP contribution < -0.4 is 5.32 Å². The van der Waals surface area contributed by atoms with Crippen LogP contribution in [0, 0.1) is 11.7 Å². The second kappa shape index (κ2) is 8.87. The highest BCUT2D eigenvalue weighted by Gasteiger charge is 2.37. The van der Waals surface area contributed by atoms with Gasteiger partial charge in [-0.25, -0.2) is 14.2 Å². The summed E-state index contributed by atoms with van der Waals surface area (Å²) in [5.74, 6) is -2.60. The molecule has 0 bridgehead atoms. The molecule has 3 amide bonds. The van der Waals surface area contributed by atoms with E-state index in [1.54, 1.807) is 6.92 Å². The fourth-order valence-corrected chi connectivity index (χ4v) is 4.28. The molecule has 2 aliphatic heterocycles. The van der Waals surface area contributed by atoms with Gasteiger partial charge in [-0.3, -0.25) is 14.7 Å². The third-order valence-electron chi connectivity index (χ3n) is 6.13. The van der Waals surface area contributed by atoms with Gasteiger partial charge in [-0.05, 0) is 24.6 Å². The molecule has 0 aliphatic carbocycles. The molecule has 1 aromatic heterocycles. The second-order valence-corrected chi connectivity index (χ2v) is 8.37. The number of nitrogens with one attached hydrogen (secondary N) is 1. The summed E-state index contributed by atoms with van der Waals surface area (Å²) in [4.78, 5) is 26.9. The first-order valence-corrected chi connectivity index (χ1v) is 10.7. The molecule has 3 heterocycles. The molecule has 13 heteroatoms. The summed E-state index contributed by atoms with van der Waals surface area (Å²) in [5, 5.41) is 27.8. The van der Waals surface area contributed by atoms with Crippen LogP contribution in [0.2, 0.25) is 0 Å². The summed E-state index contributed by atoms with van der Waals surface area (Å²) in [6, 6.07) is 1.43. The van der Waals surface area contributed by atoms with Crippen LogP contribution in [-0.2, 0) is 25.7 Å². The fraction of sp³-hybridized carbons (Fsp3) is 0.476. The highest BCUT2D eigenvalue weighted by molar-refractivity contribution is 5.94. The van der Waals surface area contributed by atoms with Gasteiger partial charge < -0.3 is 15.3 Å². The molecular weight excluding hydrogens is 462 g/mol. The van der Waals surface area contributed by atoms with Crippen molar-refractivity contribution < 1.29 is 37.5 Å². The Bertz CT molecular complexity index is 1120. The standard InChI is InChI=1S/C21H23F4N5O4/c1-2-17(31)11-8-29-18(19(32)30(34)9-11)13-10-28(6-5-16(13)27-29)20(33)26-12-3-4-15(22)14(7-12)21(23,24)25/h3-4,7,11,17,31,34H,2,5-6,8-10H2,1H3,(H,26,33). The summed E-state index contributed by atoms with van der Waals surface area (Å²) in [7, 11) is 0. The Balaban J connectivity index is 1.56. The van der Waals surface area contributed by atoms with Crippen LogP contribution in [0.1, 0.15) is 40.7 Å². The molecule has 2 aliphatic rings. The van der Waals surface area contributed by atoms with Gasteiger partial charge in [-0.1, -0.05) is 6.92 Å². The first kappa shape index (κ1) is 24.0. The van der Waals surface area contributed by atoms with Gasteiger partial charge in [0.2, 0.25) is 0 Å². The molecule has 34 heavy (non-hydrogen) atoms. The SMILES string of the molecule is CCC(O)C1CN(O)C(=O)c2c3c(nn2C1)CCN(C(=O)Nc1ccc(F)c(C(F)(F)F)c1)C3. The molecule has 9 nitrogen and oxygen atoms in total. The van der Waals surface area contributed by atoms with Crippen molar-refractivity contribution in [3.8, 4) is 0 Å². The predicted octanol–water partition coefficient (Wildman–Crippen LogP) is 2.86. The number of carbonyl (C=O) groups excluding carboxylic acids is 2. The number of benzene rings is 1. The molecule has 184 valence electrons. The topological polar surface area (TPSA) is 111 Å². The number of hydrogen-bond acceptors (Lipinski definition) is 5. The zero-order valence-corrected chi connectivity index (χ0v) is 18.1. The van der Waals surface area contributed by atoms with Crippen LogP contribution in [0.25, 0.3) is 0 Å². The van der Waals surface area contributed by atoms with E-state index in [1.807, 2.05) is 0 Å². The lowest BCUT2D eigenvalue weighted by atomic mass is 10.0. The first-order chi connectivity index (χ1) is 16.0. The van der Waals surface area contributed by atoms with E-state index in [-0.39, 0.29) is 44.0 Å². The molecule has 0 spiro atoms. The second-order valence-electron chi connectivity index (χ2n) is 8.37. The van der Waals surface area contributed by atoms with Crippen molar-refractivity contribution in [1.29, 1.82) is 0 Å². The van der Waals surface area contributed by atoms with Crippen molar-refractivity contribution in [3.05, 3.63) is 46.5 Å². The number of nitrogens with zero attached hydrogens (tertiary/aromatic N) is 4. The largest absolute Gasteiger partial charge is 0.419 e. The number of anilines is 1. The number of aromatic nitrogens is 2. The van der Waals surface area contributed by atoms with E-state index in [0.717, 1.165) is 6.07 Å². The Kier molecular flexibility index (Phi) is 6.25. The average Bonchev–Trinajstić information content (AvgIpc) is 3.08. The van der Waals surface area contributed by atoms with Crippen molar-refractivity contribution in [2.24, 2.45) is 5.92 Å². The number of amides is 3. The average molecular weight is 485 g/mol. The number of aliphatic hydroxyl groups is 1. The minimum Gasteiger partial charge on any atom is -0.393 e. The van der Waals surface area contributed by atoms with Gasteiger partial charge in [0.05, 0.1) is 30.5 Å². The van der Waals surface area contributed by atoms with Gasteiger partial charge in [0.15, 0.2) is 0 Å². The van der Waals surface area contributed by atoms with E-state index in [2.05, 4.69) is 10.4 Å². The van der Waals surface area contributed by atoms with E-state index >= 15 is 0 Å². The zero-order valence-electron chi connectivity index (χ0n) is 18.1.